The van der Waals surface area contributed by atoms with Crippen molar-refractivity contribution in [2.75, 3.05) is 6.54 Å². The van der Waals surface area contributed by atoms with Gasteiger partial charge in [0.1, 0.15) is 0 Å². The van der Waals surface area contributed by atoms with Crippen LogP contribution in [0.15, 0.2) is 0 Å². The third-order valence-electron chi connectivity index (χ3n) is 2.20. The van der Waals surface area contributed by atoms with E-state index >= 15 is 0 Å². The Labute approximate surface area is 95.6 Å². The highest BCUT2D eigenvalue weighted by molar-refractivity contribution is 6.67. The maximum atomic E-state index is 6.06. The normalized spacial score (nSPS) is 12.8. The maximum absolute atomic E-state index is 6.06. The highest BCUT2D eigenvalue weighted by atomic mass is 28.4. The molecule has 0 aromatic heterocycles. The molecule has 0 heterocycles. The van der Waals surface area contributed by atoms with Crippen LogP contribution in [0.1, 0.15) is 41.0 Å². The van der Waals surface area contributed by atoms with Crippen LogP contribution in [-0.4, -0.2) is 27.3 Å². The lowest BCUT2D eigenvalue weighted by atomic mass is 10.5. The maximum Gasteiger partial charge on any atom is 0.338 e. The molecule has 0 amide bonds. The van der Waals surface area contributed by atoms with Gasteiger partial charge in [0.2, 0.25) is 0 Å². The number of nitrogens with two attached hydrogens (primary N) is 1. The largest absolute Gasteiger partial charge is 0.392 e. The van der Waals surface area contributed by atoms with Crippen LogP contribution in [0.4, 0.5) is 0 Å². The van der Waals surface area contributed by atoms with Gasteiger partial charge in [-0.2, -0.15) is 0 Å². The second kappa shape index (κ2) is 7.38. The fourth-order valence-corrected chi connectivity index (χ4v) is 5.16. The molecule has 0 atom stereocenters. The molecule has 0 aromatic carbocycles. The average molecular weight is 233 g/mol. The molecule has 0 radical (unpaired) electrons. The van der Waals surface area contributed by atoms with Gasteiger partial charge in [0.15, 0.2) is 0 Å². The molecule has 0 aliphatic heterocycles. The summed E-state index contributed by atoms with van der Waals surface area (Å²) in [5, 5.41) is 0. The van der Waals surface area contributed by atoms with Gasteiger partial charge in [-0.15, -0.1) is 0 Å². The van der Waals surface area contributed by atoms with Gasteiger partial charge in [0.25, 0.3) is 0 Å². The number of hydrogen-bond acceptors (Lipinski definition) is 3. The van der Waals surface area contributed by atoms with Crippen LogP contribution in [0.3, 0.4) is 0 Å². The molecule has 0 bridgehead atoms. The molecule has 0 unspecified atom stereocenters. The predicted molar refractivity (Wildman–Crippen MR) is 67.2 cm³/mol. The zero-order valence-corrected chi connectivity index (χ0v) is 11.9. The van der Waals surface area contributed by atoms with Crippen molar-refractivity contribution in [2.45, 2.75) is 65.3 Å². The summed E-state index contributed by atoms with van der Waals surface area (Å²) in [4.78, 5) is 0. The van der Waals surface area contributed by atoms with Gasteiger partial charge in [-0.05, 0) is 52.7 Å². The van der Waals surface area contributed by atoms with Crippen LogP contribution >= 0.6 is 0 Å². The predicted octanol–water partition coefficient (Wildman–Crippen LogP) is 2.65. The molecular formula is C11H27NO2Si. The van der Waals surface area contributed by atoms with E-state index in [1.54, 1.807) is 0 Å². The van der Waals surface area contributed by atoms with Gasteiger partial charge in [0, 0.05) is 12.2 Å². The van der Waals surface area contributed by atoms with Crippen molar-refractivity contribution in [3.05, 3.63) is 0 Å². The summed E-state index contributed by atoms with van der Waals surface area (Å²) in [6.07, 6.45) is 1.49. The first-order valence-electron chi connectivity index (χ1n) is 6.01. The standard InChI is InChI=1S/C11H27NO2Si/c1-6-15(9-7-8-12,13-10(2)3)14-11(4)5/h10-11H,6-9,12H2,1-5H3. The van der Waals surface area contributed by atoms with E-state index in [1.165, 1.54) is 0 Å². The summed E-state index contributed by atoms with van der Waals surface area (Å²) in [5.74, 6) is 0. The van der Waals surface area contributed by atoms with E-state index in [1.807, 2.05) is 0 Å². The van der Waals surface area contributed by atoms with E-state index in [0.717, 1.165) is 25.1 Å². The van der Waals surface area contributed by atoms with Crippen LogP contribution in [0.2, 0.25) is 12.1 Å². The number of rotatable bonds is 8. The summed E-state index contributed by atoms with van der Waals surface area (Å²) < 4.78 is 12.1. The molecule has 4 heteroatoms. The summed E-state index contributed by atoms with van der Waals surface area (Å²) in [6.45, 7) is 11.2. The number of hydrogen-bond donors (Lipinski definition) is 1. The molecule has 0 aromatic rings. The van der Waals surface area contributed by atoms with Gasteiger partial charge in [0.05, 0.1) is 0 Å². The molecule has 0 aliphatic carbocycles. The first-order valence-corrected chi connectivity index (χ1v) is 8.24. The lowest BCUT2D eigenvalue weighted by Crippen LogP contribution is -2.45. The van der Waals surface area contributed by atoms with Gasteiger partial charge >= 0.3 is 8.56 Å². The van der Waals surface area contributed by atoms with Gasteiger partial charge in [-0.3, -0.25) is 0 Å². The molecule has 0 saturated carbocycles. The molecule has 3 nitrogen and oxygen atoms in total. The van der Waals surface area contributed by atoms with Gasteiger partial charge in [-0.25, -0.2) is 0 Å². The third kappa shape index (κ3) is 6.30. The van der Waals surface area contributed by atoms with Crippen molar-refractivity contribution in [3.8, 4) is 0 Å². The van der Waals surface area contributed by atoms with Gasteiger partial charge < -0.3 is 14.6 Å². The molecule has 0 aliphatic rings. The van der Waals surface area contributed by atoms with Crippen molar-refractivity contribution in [2.24, 2.45) is 5.73 Å². The van der Waals surface area contributed by atoms with E-state index in [0.29, 0.717) is 0 Å². The summed E-state index contributed by atoms with van der Waals surface area (Å²) in [6, 6.07) is 2.01. The van der Waals surface area contributed by atoms with Crippen LogP contribution < -0.4 is 5.73 Å². The van der Waals surface area contributed by atoms with Crippen LogP contribution in [0, 0.1) is 0 Å². The Balaban J connectivity index is 4.44. The molecule has 0 saturated heterocycles. The molecule has 92 valence electrons. The van der Waals surface area contributed by atoms with Crippen molar-refractivity contribution in [3.63, 3.8) is 0 Å². The van der Waals surface area contributed by atoms with Crippen LogP contribution in [0.5, 0.6) is 0 Å². The minimum atomic E-state index is -2.00. The Hall–Kier alpha value is 0.0969. The van der Waals surface area contributed by atoms with Crippen molar-refractivity contribution < 1.29 is 8.85 Å². The zero-order chi connectivity index (χ0) is 11.9. The lowest BCUT2D eigenvalue weighted by molar-refractivity contribution is 0.105. The first kappa shape index (κ1) is 15.1. The first-order chi connectivity index (χ1) is 6.95. The van der Waals surface area contributed by atoms with Crippen molar-refractivity contribution in [1.82, 2.24) is 0 Å². The Morgan fingerprint density at radius 3 is 1.80 bits per heavy atom. The van der Waals surface area contributed by atoms with E-state index in [4.69, 9.17) is 14.6 Å². The fourth-order valence-electron chi connectivity index (χ4n) is 1.72. The second-order valence-electron chi connectivity index (χ2n) is 4.49. The Morgan fingerprint density at radius 2 is 1.53 bits per heavy atom. The summed E-state index contributed by atoms with van der Waals surface area (Å²) in [5.41, 5.74) is 5.56. The topological polar surface area (TPSA) is 44.5 Å². The molecular weight excluding hydrogens is 206 g/mol. The smallest absolute Gasteiger partial charge is 0.338 e. The van der Waals surface area contributed by atoms with Gasteiger partial charge in [-0.1, -0.05) is 6.92 Å². The molecule has 0 fully saturated rings. The summed E-state index contributed by atoms with van der Waals surface area (Å²) in [7, 11) is -2.00. The highest BCUT2D eigenvalue weighted by Gasteiger charge is 2.36. The van der Waals surface area contributed by atoms with E-state index < -0.39 is 8.56 Å². The second-order valence-corrected chi connectivity index (χ2v) is 7.99. The Bertz CT molecular complexity index is 153. The zero-order valence-electron chi connectivity index (χ0n) is 10.9. The summed E-state index contributed by atoms with van der Waals surface area (Å²) >= 11 is 0. The van der Waals surface area contributed by atoms with Crippen molar-refractivity contribution >= 4 is 8.56 Å². The van der Waals surface area contributed by atoms with E-state index in [9.17, 15) is 0 Å². The third-order valence-corrected chi connectivity index (χ3v) is 6.20. The van der Waals surface area contributed by atoms with Crippen molar-refractivity contribution in [1.29, 1.82) is 0 Å². The SMILES string of the molecule is CC[Si](CCCN)(OC(C)C)OC(C)C. The molecule has 0 spiro atoms. The Morgan fingerprint density at radius 1 is 1.07 bits per heavy atom. The lowest BCUT2D eigenvalue weighted by Gasteiger charge is -2.33. The minimum absolute atomic E-state index is 0.244. The minimum Gasteiger partial charge on any atom is -0.392 e. The quantitative estimate of drug-likeness (QED) is 0.656. The van der Waals surface area contributed by atoms with Crippen LogP contribution in [-0.2, 0) is 8.85 Å². The monoisotopic (exact) mass is 233 g/mol. The van der Waals surface area contributed by atoms with Crippen LogP contribution in [0.25, 0.3) is 0 Å². The highest BCUT2D eigenvalue weighted by Crippen LogP contribution is 2.24. The molecule has 2 N–H and O–H groups in total. The molecule has 0 rings (SSSR count). The fraction of sp³-hybridized carbons (Fsp3) is 1.00. The van der Waals surface area contributed by atoms with E-state index in [-0.39, 0.29) is 12.2 Å². The van der Waals surface area contributed by atoms with E-state index in [2.05, 4.69) is 34.6 Å². The average Bonchev–Trinajstić information content (AvgIpc) is 2.12. The Kier molecular flexibility index (Phi) is 7.43. The molecule has 15 heavy (non-hydrogen) atoms.